The topological polar surface area (TPSA) is 110 Å². The number of hydrogen-bond donors (Lipinski definition) is 0. The van der Waals surface area contributed by atoms with Crippen LogP contribution in [0.1, 0.15) is 11.3 Å². The maximum atomic E-state index is 12.6. The summed E-state index contributed by atoms with van der Waals surface area (Å²) in [6.45, 7) is 0.575. The summed E-state index contributed by atoms with van der Waals surface area (Å²) in [6.07, 6.45) is -1.98. The van der Waals surface area contributed by atoms with Gasteiger partial charge in [-0.15, -0.1) is 5.10 Å². The molecule has 1 atom stereocenters. The second-order valence-electron chi connectivity index (χ2n) is 6.23. The van der Waals surface area contributed by atoms with Gasteiger partial charge in [-0.25, -0.2) is 4.68 Å². The highest BCUT2D eigenvalue weighted by atomic mass is 19.4. The van der Waals surface area contributed by atoms with Crippen LogP contribution < -0.4 is 4.74 Å². The zero-order chi connectivity index (χ0) is 20.6. The Balaban J connectivity index is 1.37. The van der Waals surface area contributed by atoms with Gasteiger partial charge in [0.1, 0.15) is 24.6 Å². The molecule has 152 valence electrons. The van der Waals surface area contributed by atoms with Gasteiger partial charge in [-0.05, 0) is 29.2 Å². The number of imidazole rings is 1. The largest absolute Gasteiger partial charge is 0.443 e. The third kappa shape index (κ3) is 4.03. The van der Waals surface area contributed by atoms with Crippen molar-refractivity contribution >= 4 is 5.82 Å². The summed E-state index contributed by atoms with van der Waals surface area (Å²) in [5.41, 5.74) is 0.141. The Bertz CT molecular complexity index is 1030. The number of rotatable bonds is 5. The first-order valence-corrected chi connectivity index (χ1v) is 8.34. The second-order valence-corrected chi connectivity index (χ2v) is 6.23. The SMILES string of the molecule is O=[N+]([O-])c1cn2c(n1)OC[C@@H](OCc1cn(-c3ccc(C(F)(F)F)cc3)nn1)C2. The molecule has 13 heteroatoms. The number of nitrogens with zero attached hydrogens (tertiary/aromatic N) is 6. The number of nitro groups is 1. The fourth-order valence-corrected chi connectivity index (χ4v) is 2.76. The summed E-state index contributed by atoms with van der Waals surface area (Å²) < 4.78 is 51.8. The molecule has 4 rings (SSSR count). The van der Waals surface area contributed by atoms with Crippen molar-refractivity contribution in [1.82, 2.24) is 24.5 Å². The minimum Gasteiger partial charge on any atom is -0.443 e. The molecule has 2 aromatic heterocycles. The lowest BCUT2D eigenvalue weighted by molar-refractivity contribution is -0.389. The van der Waals surface area contributed by atoms with Gasteiger partial charge in [0.05, 0.1) is 30.6 Å². The maximum absolute atomic E-state index is 12.6. The Morgan fingerprint density at radius 1 is 1.28 bits per heavy atom. The Labute approximate surface area is 160 Å². The summed E-state index contributed by atoms with van der Waals surface area (Å²) in [6, 6.07) is 4.68. The van der Waals surface area contributed by atoms with E-state index >= 15 is 0 Å². The molecule has 0 N–H and O–H groups in total. The predicted molar refractivity (Wildman–Crippen MR) is 89.3 cm³/mol. The van der Waals surface area contributed by atoms with Gasteiger partial charge >= 0.3 is 18.0 Å². The molecule has 1 aliphatic heterocycles. The monoisotopic (exact) mass is 410 g/mol. The fraction of sp³-hybridized carbons (Fsp3) is 0.312. The van der Waals surface area contributed by atoms with Crippen LogP contribution in [0.25, 0.3) is 5.69 Å². The molecule has 0 saturated heterocycles. The first kappa shape index (κ1) is 18.9. The molecular formula is C16H13F3N6O4. The predicted octanol–water partition coefficient (Wildman–Crippen LogP) is 2.37. The van der Waals surface area contributed by atoms with Gasteiger partial charge in [0.15, 0.2) is 0 Å². The first-order valence-electron chi connectivity index (χ1n) is 8.34. The van der Waals surface area contributed by atoms with Crippen molar-refractivity contribution < 1.29 is 27.6 Å². The average Bonchev–Trinajstić information content (AvgIpc) is 3.32. The van der Waals surface area contributed by atoms with Crippen LogP contribution in [-0.2, 0) is 24.1 Å². The van der Waals surface area contributed by atoms with Crippen molar-refractivity contribution in [3.05, 3.63) is 58.0 Å². The minimum atomic E-state index is -4.41. The van der Waals surface area contributed by atoms with Crippen LogP contribution in [0, 0.1) is 10.1 Å². The lowest BCUT2D eigenvalue weighted by Gasteiger charge is -2.21. The number of aromatic nitrogens is 5. The molecule has 0 saturated carbocycles. The fourth-order valence-electron chi connectivity index (χ4n) is 2.76. The molecule has 1 aromatic carbocycles. The number of fused-ring (bicyclic) bond motifs is 1. The van der Waals surface area contributed by atoms with E-state index < -0.39 is 16.7 Å². The van der Waals surface area contributed by atoms with Gasteiger partial charge in [0.2, 0.25) is 0 Å². The van der Waals surface area contributed by atoms with Gasteiger partial charge < -0.3 is 19.6 Å². The standard InChI is InChI=1S/C16H13F3N6O4/c17-16(18,19)10-1-3-12(4-2-10)24-5-11(21-22-24)8-28-13-6-23-7-14(25(26)27)20-15(23)29-9-13/h1-5,7,13H,6,8-9H2/t13-/m0/s1. The molecule has 0 unspecified atom stereocenters. The lowest BCUT2D eigenvalue weighted by Crippen LogP contribution is -2.32. The quantitative estimate of drug-likeness (QED) is 0.469. The third-order valence-electron chi connectivity index (χ3n) is 4.18. The number of benzene rings is 1. The van der Waals surface area contributed by atoms with Crippen molar-refractivity contribution in [3.63, 3.8) is 0 Å². The van der Waals surface area contributed by atoms with E-state index in [1.165, 1.54) is 27.6 Å². The van der Waals surface area contributed by atoms with Gasteiger partial charge in [-0.1, -0.05) is 5.21 Å². The Kier molecular flexibility index (Phi) is 4.66. The third-order valence-corrected chi connectivity index (χ3v) is 4.18. The Morgan fingerprint density at radius 3 is 2.72 bits per heavy atom. The lowest BCUT2D eigenvalue weighted by atomic mass is 10.2. The number of alkyl halides is 3. The molecule has 0 fully saturated rings. The van der Waals surface area contributed by atoms with Crippen molar-refractivity contribution in [2.24, 2.45) is 0 Å². The second kappa shape index (κ2) is 7.16. The molecular weight excluding hydrogens is 397 g/mol. The van der Waals surface area contributed by atoms with E-state index in [0.717, 1.165) is 12.1 Å². The van der Waals surface area contributed by atoms with E-state index in [2.05, 4.69) is 15.3 Å². The average molecular weight is 410 g/mol. The zero-order valence-corrected chi connectivity index (χ0v) is 14.6. The van der Waals surface area contributed by atoms with Gasteiger partial charge in [0.25, 0.3) is 0 Å². The van der Waals surface area contributed by atoms with Crippen LogP contribution in [0.3, 0.4) is 0 Å². The molecule has 0 aliphatic carbocycles. The highest BCUT2D eigenvalue weighted by Gasteiger charge is 2.30. The van der Waals surface area contributed by atoms with Crippen LogP contribution in [0.2, 0.25) is 0 Å². The van der Waals surface area contributed by atoms with Crippen molar-refractivity contribution in [3.8, 4) is 11.7 Å². The minimum absolute atomic E-state index is 0.0841. The van der Waals surface area contributed by atoms with Gasteiger partial charge in [-0.2, -0.15) is 13.2 Å². The highest BCUT2D eigenvalue weighted by Crippen LogP contribution is 2.29. The molecule has 3 heterocycles. The smallest absolute Gasteiger partial charge is 0.416 e. The Hall–Kier alpha value is -3.48. The van der Waals surface area contributed by atoms with Crippen LogP contribution >= 0.6 is 0 Å². The molecule has 0 bridgehead atoms. The molecule has 10 nitrogen and oxygen atoms in total. The first-order chi connectivity index (χ1) is 13.8. The van der Waals surface area contributed by atoms with Gasteiger partial charge in [0, 0.05) is 4.98 Å². The van der Waals surface area contributed by atoms with Crippen molar-refractivity contribution in [1.29, 1.82) is 0 Å². The van der Waals surface area contributed by atoms with Crippen LogP contribution in [0.5, 0.6) is 6.01 Å². The van der Waals surface area contributed by atoms with E-state index in [-0.39, 0.29) is 31.1 Å². The summed E-state index contributed by atoms with van der Waals surface area (Å²) >= 11 is 0. The van der Waals surface area contributed by atoms with E-state index in [1.807, 2.05) is 0 Å². The normalized spacial score (nSPS) is 16.3. The number of ether oxygens (including phenoxy) is 2. The van der Waals surface area contributed by atoms with Gasteiger partial charge in [-0.3, -0.25) is 4.57 Å². The van der Waals surface area contributed by atoms with Crippen LogP contribution in [-0.4, -0.2) is 42.2 Å². The number of hydrogen-bond acceptors (Lipinski definition) is 7. The van der Waals surface area contributed by atoms with E-state index in [4.69, 9.17) is 9.47 Å². The molecule has 3 aromatic rings. The zero-order valence-electron chi connectivity index (χ0n) is 14.6. The molecule has 1 aliphatic rings. The highest BCUT2D eigenvalue weighted by molar-refractivity contribution is 5.34. The summed E-state index contributed by atoms with van der Waals surface area (Å²) in [7, 11) is 0. The Morgan fingerprint density at radius 2 is 2.03 bits per heavy atom. The van der Waals surface area contributed by atoms with Crippen LogP contribution in [0.4, 0.5) is 19.0 Å². The molecule has 0 spiro atoms. The van der Waals surface area contributed by atoms with E-state index in [9.17, 15) is 23.3 Å². The summed E-state index contributed by atoms with van der Waals surface area (Å²) in [5.74, 6) is -0.305. The van der Waals surface area contributed by atoms with Crippen molar-refractivity contribution in [2.75, 3.05) is 6.61 Å². The molecule has 0 radical (unpaired) electrons. The summed E-state index contributed by atoms with van der Waals surface area (Å²) in [5, 5.41) is 18.6. The van der Waals surface area contributed by atoms with E-state index in [1.54, 1.807) is 6.20 Å². The van der Waals surface area contributed by atoms with Crippen LogP contribution in [0.15, 0.2) is 36.7 Å². The molecule has 0 amide bonds. The summed E-state index contributed by atoms with van der Waals surface area (Å²) in [4.78, 5) is 13.9. The van der Waals surface area contributed by atoms with E-state index in [0.29, 0.717) is 17.9 Å². The number of halogens is 3. The van der Waals surface area contributed by atoms with Crippen molar-refractivity contribution in [2.45, 2.75) is 25.4 Å². The maximum Gasteiger partial charge on any atom is 0.416 e. The molecule has 29 heavy (non-hydrogen) atoms.